The molecule has 1 radical (unpaired) electrons. The highest BCUT2D eigenvalue weighted by molar-refractivity contribution is 8.01. The fraction of sp³-hybridized carbons (Fsp3) is 0.750. The molecule has 1 atom stereocenters. The van der Waals surface area contributed by atoms with Crippen LogP contribution in [-0.4, -0.2) is 10.8 Å². The molecule has 1 fully saturated rings. The highest BCUT2D eigenvalue weighted by Gasteiger charge is 2.38. The van der Waals surface area contributed by atoms with Crippen molar-refractivity contribution in [1.82, 2.24) is 0 Å². The Morgan fingerprint density at radius 1 is 1.50 bits per heavy atom. The first-order valence-corrected chi connectivity index (χ1v) is 3.04. The van der Waals surface area contributed by atoms with E-state index in [4.69, 9.17) is 0 Å². The average molecular weight is 141 g/mol. The molecule has 0 aromatic heterocycles. The van der Waals surface area contributed by atoms with E-state index in [0.717, 1.165) is 0 Å². The third kappa shape index (κ3) is 2.45. The maximum Gasteiger partial charge on any atom is 0.442 e. The van der Waals surface area contributed by atoms with Gasteiger partial charge in [-0.15, -0.1) is 0 Å². The van der Waals surface area contributed by atoms with Gasteiger partial charge in [0.2, 0.25) is 0 Å². The zero-order valence-electron chi connectivity index (χ0n) is 3.90. The quantitative estimate of drug-likeness (QED) is 0.539. The summed E-state index contributed by atoms with van der Waals surface area (Å²) in [6.07, 6.45) is 2.25. The van der Waals surface area contributed by atoms with E-state index in [1.807, 2.05) is 0 Å². The molecule has 0 spiro atoms. The van der Waals surface area contributed by atoms with Gasteiger partial charge in [-0.25, -0.2) is 0 Å². The Kier molecular flexibility index (Phi) is 1.43. The number of hydrogen-bond donors (Lipinski definition) is 0. The molecule has 0 bridgehead atoms. The number of thioether (sulfide) groups is 1. The van der Waals surface area contributed by atoms with E-state index in [-0.39, 0.29) is 17.0 Å². The van der Waals surface area contributed by atoms with E-state index < -0.39 is 5.51 Å². The van der Waals surface area contributed by atoms with Gasteiger partial charge in [-0.05, 0) is 24.6 Å². The lowest BCUT2D eigenvalue weighted by atomic mass is 11.0. The summed E-state index contributed by atoms with van der Waals surface area (Å²) in [5.74, 6) is 0. The van der Waals surface area contributed by atoms with Crippen molar-refractivity contribution in [3.63, 3.8) is 0 Å². The van der Waals surface area contributed by atoms with E-state index in [0.29, 0.717) is 6.42 Å². The van der Waals surface area contributed by atoms with Crippen LogP contribution in [0.1, 0.15) is 6.42 Å². The van der Waals surface area contributed by atoms with Gasteiger partial charge in [-0.3, -0.25) is 0 Å². The Hall–Kier alpha value is 0.140. The van der Waals surface area contributed by atoms with Crippen LogP contribution in [0.5, 0.6) is 0 Å². The second-order valence-electron chi connectivity index (χ2n) is 1.57. The molecule has 8 heavy (non-hydrogen) atoms. The number of halogens is 3. The van der Waals surface area contributed by atoms with Crippen molar-refractivity contribution in [3.05, 3.63) is 6.42 Å². The molecule has 0 aliphatic heterocycles. The summed E-state index contributed by atoms with van der Waals surface area (Å²) in [7, 11) is 0. The monoisotopic (exact) mass is 141 g/mol. The molecule has 1 rings (SSSR count). The molecule has 0 aromatic rings. The van der Waals surface area contributed by atoms with Crippen LogP contribution in [0.15, 0.2) is 0 Å². The van der Waals surface area contributed by atoms with Crippen molar-refractivity contribution < 1.29 is 13.2 Å². The number of hydrogen-bond acceptors (Lipinski definition) is 1. The summed E-state index contributed by atoms with van der Waals surface area (Å²) < 4.78 is 33.9. The second-order valence-corrected chi connectivity index (χ2v) is 2.88. The molecule has 0 N–H and O–H groups in total. The topological polar surface area (TPSA) is 0 Å². The summed E-state index contributed by atoms with van der Waals surface area (Å²) in [6.45, 7) is 0. The summed E-state index contributed by atoms with van der Waals surface area (Å²) in [6, 6.07) is 0. The Labute approximate surface area is 49.4 Å². The van der Waals surface area contributed by atoms with E-state index >= 15 is 0 Å². The van der Waals surface area contributed by atoms with E-state index in [2.05, 4.69) is 0 Å². The van der Waals surface area contributed by atoms with Gasteiger partial charge in [0, 0.05) is 5.25 Å². The number of rotatable bonds is 1. The highest BCUT2D eigenvalue weighted by atomic mass is 32.2. The van der Waals surface area contributed by atoms with Gasteiger partial charge in [-0.1, -0.05) is 0 Å². The average Bonchev–Trinajstić information content (AvgIpc) is 2.12. The maximum absolute atomic E-state index is 11.3. The van der Waals surface area contributed by atoms with Gasteiger partial charge < -0.3 is 0 Å². The molecule has 1 aliphatic carbocycles. The molecule has 0 saturated heterocycles. The lowest BCUT2D eigenvalue weighted by molar-refractivity contribution is -0.0328. The van der Waals surface area contributed by atoms with Gasteiger partial charge in [0.1, 0.15) is 0 Å². The van der Waals surface area contributed by atoms with Crippen LogP contribution < -0.4 is 0 Å². The minimum absolute atomic E-state index is 0.0671. The van der Waals surface area contributed by atoms with Crippen LogP contribution in [0.2, 0.25) is 0 Å². The van der Waals surface area contributed by atoms with Crippen LogP contribution in [0.4, 0.5) is 13.2 Å². The highest BCUT2D eigenvalue weighted by Crippen LogP contribution is 2.43. The smallest absolute Gasteiger partial charge is 0.160 e. The molecule has 1 saturated carbocycles. The molecule has 47 valence electrons. The van der Waals surface area contributed by atoms with E-state index in [9.17, 15) is 13.2 Å². The summed E-state index contributed by atoms with van der Waals surface area (Å²) in [5.41, 5.74) is -4.03. The zero-order valence-corrected chi connectivity index (χ0v) is 4.72. The SMILES string of the molecule is FC(F)(F)SC1[CH]C1. The first-order valence-electron chi connectivity index (χ1n) is 2.16. The van der Waals surface area contributed by atoms with Crippen LogP contribution in [0.3, 0.4) is 0 Å². The maximum atomic E-state index is 11.3. The second kappa shape index (κ2) is 1.83. The minimum Gasteiger partial charge on any atom is -0.160 e. The summed E-state index contributed by atoms with van der Waals surface area (Å²) in [4.78, 5) is 0. The first kappa shape index (κ1) is 6.26. The molecule has 1 aliphatic rings. The zero-order chi connectivity index (χ0) is 6.20. The Morgan fingerprint density at radius 2 is 2.00 bits per heavy atom. The minimum atomic E-state index is -4.03. The summed E-state index contributed by atoms with van der Waals surface area (Å²) in [5, 5.41) is -0.241. The van der Waals surface area contributed by atoms with Crippen molar-refractivity contribution in [3.8, 4) is 0 Å². The van der Waals surface area contributed by atoms with E-state index in [1.165, 1.54) is 0 Å². The Balaban J connectivity index is 2.16. The van der Waals surface area contributed by atoms with Crippen LogP contribution >= 0.6 is 11.8 Å². The molecular weight excluding hydrogens is 137 g/mol. The largest absolute Gasteiger partial charge is 0.442 e. The molecule has 0 heterocycles. The third-order valence-corrected chi connectivity index (χ3v) is 1.67. The van der Waals surface area contributed by atoms with Crippen molar-refractivity contribution in [2.45, 2.75) is 17.2 Å². The Bertz CT molecular complexity index is 83.8. The molecule has 0 aromatic carbocycles. The van der Waals surface area contributed by atoms with Gasteiger partial charge in [0.25, 0.3) is 0 Å². The Morgan fingerprint density at radius 3 is 2.12 bits per heavy atom. The van der Waals surface area contributed by atoms with Gasteiger partial charge in [0.15, 0.2) is 0 Å². The first-order chi connectivity index (χ1) is 3.58. The van der Waals surface area contributed by atoms with Crippen LogP contribution in [-0.2, 0) is 0 Å². The lowest BCUT2D eigenvalue weighted by Gasteiger charge is -2.00. The van der Waals surface area contributed by atoms with Gasteiger partial charge >= 0.3 is 5.51 Å². The standard InChI is InChI=1S/C4H4F3S/c5-4(6,7)8-3-1-2-3/h1,3H,2H2. The number of alkyl halides is 3. The summed E-state index contributed by atoms with van der Waals surface area (Å²) >= 11 is 0.0671. The van der Waals surface area contributed by atoms with E-state index in [1.54, 1.807) is 6.42 Å². The van der Waals surface area contributed by atoms with Crippen molar-refractivity contribution in [2.75, 3.05) is 0 Å². The van der Waals surface area contributed by atoms with Crippen LogP contribution in [0.25, 0.3) is 0 Å². The third-order valence-electron chi connectivity index (χ3n) is 0.713. The molecule has 0 nitrogen and oxygen atoms in total. The molecular formula is C4H4F3S. The lowest BCUT2D eigenvalue weighted by Crippen LogP contribution is -2.00. The fourth-order valence-electron chi connectivity index (χ4n) is 0.323. The van der Waals surface area contributed by atoms with Crippen LogP contribution in [0, 0.1) is 6.42 Å². The molecule has 1 unspecified atom stereocenters. The van der Waals surface area contributed by atoms with Crippen molar-refractivity contribution >= 4 is 11.8 Å². The van der Waals surface area contributed by atoms with Gasteiger partial charge in [0.05, 0.1) is 0 Å². The normalized spacial score (nSPS) is 21.4. The predicted molar refractivity (Wildman–Crippen MR) is 26.4 cm³/mol. The van der Waals surface area contributed by atoms with Gasteiger partial charge in [-0.2, -0.15) is 13.2 Å². The predicted octanol–water partition coefficient (Wildman–Crippen LogP) is 2.22. The molecule has 0 amide bonds. The van der Waals surface area contributed by atoms with Crippen molar-refractivity contribution in [2.24, 2.45) is 0 Å². The van der Waals surface area contributed by atoms with Crippen molar-refractivity contribution in [1.29, 1.82) is 0 Å². The molecule has 4 heteroatoms. The fourth-order valence-corrected chi connectivity index (χ4v) is 0.970.